The normalized spacial score (nSPS) is 14.8. The molecule has 1 aliphatic heterocycles. The van der Waals surface area contributed by atoms with E-state index in [0.717, 1.165) is 56.1 Å². The Bertz CT molecular complexity index is 878. The molecule has 0 aliphatic carbocycles. The van der Waals surface area contributed by atoms with Gasteiger partial charge in [0.1, 0.15) is 5.75 Å². The molecule has 2 aromatic carbocycles. The molecule has 0 amide bonds. The summed E-state index contributed by atoms with van der Waals surface area (Å²) in [6, 6.07) is 14.9. The van der Waals surface area contributed by atoms with Crippen LogP contribution in [0.25, 0.3) is 21.2 Å². The van der Waals surface area contributed by atoms with Crippen molar-refractivity contribution < 1.29 is 9.47 Å². The number of fused-ring (bicyclic) bond motifs is 1. The largest absolute Gasteiger partial charge is 0.494 e. The summed E-state index contributed by atoms with van der Waals surface area (Å²) in [5, 5.41) is 3.53. The van der Waals surface area contributed by atoms with E-state index in [1.807, 2.05) is 0 Å². The first-order valence-corrected chi connectivity index (χ1v) is 11.2. The van der Waals surface area contributed by atoms with Crippen LogP contribution >= 0.6 is 39.7 Å². The molecule has 0 atom stereocenters. The molecule has 0 unspecified atom stereocenters. The smallest absolute Gasteiger partial charge is 0.120 e. The summed E-state index contributed by atoms with van der Waals surface area (Å²) < 4.78 is 13.8. The number of rotatable bonds is 7. The molecule has 2 heterocycles. The van der Waals surface area contributed by atoms with Gasteiger partial charge >= 0.3 is 0 Å². The van der Waals surface area contributed by atoms with Crippen LogP contribution in [0.15, 0.2) is 52.3 Å². The molecule has 0 saturated carbocycles. The van der Waals surface area contributed by atoms with E-state index in [9.17, 15) is 0 Å². The molecule has 150 valence electrons. The zero-order valence-electron chi connectivity index (χ0n) is 15.7. The third-order valence-corrected chi connectivity index (χ3v) is 6.42. The molecule has 0 spiro atoms. The van der Waals surface area contributed by atoms with Gasteiger partial charge in [0.2, 0.25) is 0 Å². The molecule has 1 fully saturated rings. The number of hydrogen-bond acceptors (Lipinski definition) is 4. The molecule has 3 aromatic rings. The first-order valence-electron chi connectivity index (χ1n) is 9.50. The van der Waals surface area contributed by atoms with Gasteiger partial charge in [-0.2, -0.15) is 0 Å². The summed E-state index contributed by atoms with van der Waals surface area (Å²) >= 11 is 5.28. The summed E-state index contributed by atoms with van der Waals surface area (Å²) in [6.45, 7) is 5.81. The number of ether oxygens (including phenoxy) is 2. The van der Waals surface area contributed by atoms with Crippen LogP contribution in [0, 0.1) is 0 Å². The minimum absolute atomic E-state index is 0. The van der Waals surface area contributed by atoms with Crippen molar-refractivity contribution >= 4 is 49.8 Å². The first kappa shape index (κ1) is 21.6. The minimum atomic E-state index is 0. The average Bonchev–Trinajstić information content (AvgIpc) is 3.12. The maximum atomic E-state index is 5.99. The lowest BCUT2D eigenvalue weighted by atomic mass is 10.1. The van der Waals surface area contributed by atoms with Crippen LogP contribution in [0.5, 0.6) is 5.75 Å². The quantitative estimate of drug-likeness (QED) is 0.372. The molecule has 1 aromatic heterocycles. The number of hydrogen-bond donors (Lipinski definition) is 0. The number of halogens is 2. The summed E-state index contributed by atoms with van der Waals surface area (Å²) in [5.74, 6) is 0.970. The van der Waals surface area contributed by atoms with E-state index in [-0.39, 0.29) is 12.4 Å². The van der Waals surface area contributed by atoms with E-state index in [4.69, 9.17) is 9.47 Å². The van der Waals surface area contributed by atoms with Gasteiger partial charge in [-0.25, -0.2) is 0 Å². The highest BCUT2D eigenvalue weighted by Crippen LogP contribution is 2.36. The van der Waals surface area contributed by atoms with Gasteiger partial charge in [-0.1, -0.05) is 28.1 Å². The zero-order valence-corrected chi connectivity index (χ0v) is 19.0. The third kappa shape index (κ3) is 5.49. The van der Waals surface area contributed by atoms with Crippen LogP contribution in [0.1, 0.15) is 12.8 Å². The molecule has 3 nitrogen and oxygen atoms in total. The summed E-state index contributed by atoms with van der Waals surface area (Å²) in [6.07, 6.45) is 2.26. The Kier molecular flexibility index (Phi) is 8.18. The third-order valence-electron chi connectivity index (χ3n) is 4.94. The zero-order chi connectivity index (χ0) is 18.5. The first-order chi connectivity index (χ1) is 13.3. The fourth-order valence-corrected chi connectivity index (χ4v) is 4.66. The predicted octanol–water partition coefficient (Wildman–Crippen LogP) is 6.24. The van der Waals surface area contributed by atoms with Crippen molar-refractivity contribution in [2.24, 2.45) is 0 Å². The highest BCUT2D eigenvalue weighted by Gasteiger charge is 2.10. The Hall–Kier alpha value is -1.11. The van der Waals surface area contributed by atoms with Crippen molar-refractivity contribution in [2.75, 3.05) is 39.5 Å². The molecule has 6 heteroatoms. The van der Waals surface area contributed by atoms with Gasteiger partial charge in [-0.15, -0.1) is 23.7 Å². The maximum Gasteiger partial charge on any atom is 0.120 e. The molecule has 28 heavy (non-hydrogen) atoms. The number of morpholine rings is 1. The maximum absolute atomic E-state index is 5.99. The van der Waals surface area contributed by atoms with Crippen molar-refractivity contribution in [2.45, 2.75) is 12.8 Å². The standard InChI is InChI=1S/C22H24BrNO2S.ClH/c23-18-5-3-17(4-6-18)21-16-27-22-15-19(7-8-20(21)22)26-12-2-1-9-24-10-13-25-14-11-24;/h3-8,15-16H,1-2,9-14H2;1H. The van der Waals surface area contributed by atoms with Crippen LogP contribution in [0.3, 0.4) is 0 Å². The molecule has 1 aliphatic rings. The van der Waals surface area contributed by atoms with Crippen molar-refractivity contribution in [1.29, 1.82) is 0 Å². The lowest BCUT2D eigenvalue weighted by Gasteiger charge is -2.26. The van der Waals surface area contributed by atoms with Gasteiger partial charge in [-0.3, -0.25) is 4.90 Å². The lowest BCUT2D eigenvalue weighted by Crippen LogP contribution is -2.36. The molecular formula is C22H25BrClNO2S. The lowest BCUT2D eigenvalue weighted by molar-refractivity contribution is 0.0368. The van der Waals surface area contributed by atoms with Crippen molar-refractivity contribution in [3.05, 3.63) is 52.3 Å². The Morgan fingerprint density at radius 3 is 2.61 bits per heavy atom. The van der Waals surface area contributed by atoms with Gasteiger partial charge in [-0.05, 0) is 60.7 Å². The van der Waals surface area contributed by atoms with Crippen LogP contribution in [0.4, 0.5) is 0 Å². The Morgan fingerprint density at radius 1 is 1.04 bits per heavy atom. The summed E-state index contributed by atoms with van der Waals surface area (Å²) in [7, 11) is 0. The van der Waals surface area contributed by atoms with E-state index in [1.165, 1.54) is 27.6 Å². The molecule has 1 saturated heterocycles. The topological polar surface area (TPSA) is 21.7 Å². The summed E-state index contributed by atoms with van der Waals surface area (Å²) in [4.78, 5) is 2.48. The highest BCUT2D eigenvalue weighted by molar-refractivity contribution is 9.10. The van der Waals surface area contributed by atoms with Gasteiger partial charge in [0.25, 0.3) is 0 Å². The van der Waals surface area contributed by atoms with E-state index < -0.39 is 0 Å². The van der Waals surface area contributed by atoms with E-state index in [1.54, 1.807) is 11.3 Å². The minimum Gasteiger partial charge on any atom is -0.494 e. The Balaban J connectivity index is 0.00000225. The molecule has 0 radical (unpaired) electrons. The number of unbranched alkanes of at least 4 members (excludes halogenated alkanes) is 1. The Morgan fingerprint density at radius 2 is 1.82 bits per heavy atom. The predicted molar refractivity (Wildman–Crippen MR) is 124 cm³/mol. The van der Waals surface area contributed by atoms with E-state index in [2.05, 4.69) is 68.7 Å². The molecule has 0 bridgehead atoms. The second kappa shape index (κ2) is 10.6. The summed E-state index contributed by atoms with van der Waals surface area (Å²) in [5.41, 5.74) is 2.54. The van der Waals surface area contributed by atoms with Crippen LogP contribution in [-0.2, 0) is 4.74 Å². The average molecular weight is 483 g/mol. The fraction of sp³-hybridized carbons (Fsp3) is 0.364. The molecule has 0 N–H and O–H groups in total. The van der Waals surface area contributed by atoms with Gasteiger partial charge in [0.15, 0.2) is 0 Å². The highest BCUT2D eigenvalue weighted by atomic mass is 79.9. The monoisotopic (exact) mass is 481 g/mol. The second-order valence-corrected chi connectivity index (χ2v) is 8.65. The van der Waals surface area contributed by atoms with Crippen LogP contribution in [0.2, 0.25) is 0 Å². The van der Waals surface area contributed by atoms with Crippen molar-refractivity contribution in [3.63, 3.8) is 0 Å². The van der Waals surface area contributed by atoms with Gasteiger partial charge < -0.3 is 9.47 Å². The van der Waals surface area contributed by atoms with Gasteiger partial charge in [0, 0.05) is 33.2 Å². The van der Waals surface area contributed by atoms with E-state index in [0.29, 0.717) is 0 Å². The molecular weight excluding hydrogens is 458 g/mol. The number of nitrogens with zero attached hydrogens (tertiary/aromatic N) is 1. The second-order valence-electron chi connectivity index (χ2n) is 6.82. The Labute approximate surface area is 185 Å². The SMILES string of the molecule is Brc1ccc(-c2csc3cc(OCCCCN4CCOCC4)ccc23)cc1.Cl. The van der Waals surface area contributed by atoms with Crippen molar-refractivity contribution in [1.82, 2.24) is 4.90 Å². The van der Waals surface area contributed by atoms with Crippen LogP contribution in [-0.4, -0.2) is 44.4 Å². The number of thiophene rings is 1. The number of benzene rings is 2. The van der Waals surface area contributed by atoms with E-state index >= 15 is 0 Å². The van der Waals surface area contributed by atoms with Gasteiger partial charge in [0.05, 0.1) is 19.8 Å². The van der Waals surface area contributed by atoms with Crippen LogP contribution < -0.4 is 4.74 Å². The van der Waals surface area contributed by atoms with Crippen molar-refractivity contribution in [3.8, 4) is 16.9 Å². The molecule has 4 rings (SSSR count). The fourth-order valence-electron chi connectivity index (χ4n) is 3.40.